The average molecular weight is 550 g/mol. The molecule has 43 heavy (non-hydrogen) atoms. The molecule has 2 heterocycles. The second kappa shape index (κ2) is 9.33. The molecule has 0 bridgehead atoms. The fourth-order valence-corrected chi connectivity index (χ4v) is 6.36. The first-order valence-corrected chi connectivity index (χ1v) is 14.4. The fourth-order valence-electron chi connectivity index (χ4n) is 6.36. The van der Waals surface area contributed by atoms with Gasteiger partial charge in [-0.15, -0.1) is 0 Å². The third-order valence-electron chi connectivity index (χ3n) is 8.30. The quantitative estimate of drug-likeness (QED) is 0.206. The molecule has 0 atom stereocenters. The molecule has 0 aliphatic rings. The summed E-state index contributed by atoms with van der Waals surface area (Å²) in [6, 6.07) is 48.1. The summed E-state index contributed by atoms with van der Waals surface area (Å²) in [6.45, 7) is 0. The number of nitrogens with zero attached hydrogens (tertiary/aromatic N) is 3. The van der Waals surface area contributed by atoms with E-state index in [1.807, 2.05) is 60.7 Å². The number of furan rings is 1. The van der Waals surface area contributed by atoms with Crippen molar-refractivity contribution in [2.45, 2.75) is 0 Å². The maximum Gasteiger partial charge on any atom is 0.164 e. The van der Waals surface area contributed by atoms with Gasteiger partial charge in [0.15, 0.2) is 17.5 Å². The first-order valence-electron chi connectivity index (χ1n) is 14.4. The Balaban J connectivity index is 1.38. The van der Waals surface area contributed by atoms with E-state index in [1.54, 1.807) is 0 Å². The van der Waals surface area contributed by atoms with Gasteiger partial charge in [-0.2, -0.15) is 0 Å². The summed E-state index contributed by atoms with van der Waals surface area (Å²) in [5.41, 5.74) is 4.48. The molecule has 0 amide bonds. The Morgan fingerprint density at radius 2 is 1.00 bits per heavy atom. The van der Waals surface area contributed by atoms with Crippen molar-refractivity contribution in [3.63, 3.8) is 0 Å². The van der Waals surface area contributed by atoms with Crippen LogP contribution in [-0.2, 0) is 0 Å². The van der Waals surface area contributed by atoms with E-state index in [0.29, 0.717) is 17.5 Å². The summed E-state index contributed by atoms with van der Waals surface area (Å²) < 4.78 is 6.21. The lowest BCUT2D eigenvalue weighted by Crippen LogP contribution is -2.01. The zero-order valence-electron chi connectivity index (χ0n) is 23.0. The summed E-state index contributed by atoms with van der Waals surface area (Å²) in [5, 5.41) is 9.18. The topological polar surface area (TPSA) is 51.8 Å². The van der Waals surface area contributed by atoms with Crippen LogP contribution in [0.4, 0.5) is 0 Å². The molecule has 0 fully saturated rings. The molecular weight excluding hydrogens is 526 g/mol. The minimum absolute atomic E-state index is 0.615. The highest BCUT2D eigenvalue weighted by atomic mass is 16.3. The number of para-hydroxylation sites is 1. The fraction of sp³-hybridized carbons (Fsp3) is 0. The second-order valence-corrected chi connectivity index (χ2v) is 10.8. The number of rotatable bonds is 3. The van der Waals surface area contributed by atoms with Gasteiger partial charge in [-0.25, -0.2) is 15.0 Å². The van der Waals surface area contributed by atoms with E-state index in [1.165, 1.54) is 21.5 Å². The van der Waals surface area contributed by atoms with Gasteiger partial charge in [0.05, 0.1) is 0 Å². The molecule has 9 aromatic rings. The first-order chi connectivity index (χ1) is 21.3. The second-order valence-electron chi connectivity index (χ2n) is 10.8. The van der Waals surface area contributed by atoms with Crippen LogP contribution in [0.3, 0.4) is 0 Å². The van der Waals surface area contributed by atoms with Crippen LogP contribution in [-0.4, -0.2) is 15.0 Å². The number of hydrogen-bond acceptors (Lipinski definition) is 4. The third kappa shape index (κ3) is 3.74. The van der Waals surface area contributed by atoms with Crippen LogP contribution < -0.4 is 0 Å². The molecule has 0 aliphatic heterocycles. The lowest BCUT2D eigenvalue weighted by atomic mass is 9.93. The predicted octanol–water partition coefficient (Wildman–Crippen LogP) is 10.2. The maximum absolute atomic E-state index is 6.21. The summed E-state index contributed by atoms with van der Waals surface area (Å²) in [7, 11) is 0. The van der Waals surface area contributed by atoms with Crippen LogP contribution in [0.2, 0.25) is 0 Å². The van der Waals surface area contributed by atoms with Crippen molar-refractivity contribution in [2.75, 3.05) is 0 Å². The zero-order chi connectivity index (χ0) is 28.3. The molecule has 0 N–H and O–H groups in total. The van der Waals surface area contributed by atoms with Gasteiger partial charge in [0.25, 0.3) is 0 Å². The van der Waals surface area contributed by atoms with Crippen molar-refractivity contribution >= 4 is 54.3 Å². The van der Waals surface area contributed by atoms with E-state index < -0.39 is 0 Å². The molecule has 4 nitrogen and oxygen atoms in total. The van der Waals surface area contributed by atoms with Crippen LogP contribution in [0.25, 0.3) is 88.4 Å². The summed E-state index contributed by atoms with van der Waals surface area (Å²) in [6.07, 6.45) is 0. The van der Waals surface area contributed by atoms with Crippen molar-refractivity contribution in [1.29, 1.82) is 0 Å². The standard InChI is InChI=1S/C39H23N3O/c1-2-12-25(13-3-1)37-40-38(31-18-10-20-34-36(31)30-17-8-9-19-33(30)43-34)42-39(41-37)32-23-26-22-21-24-11-4-5-14-27(24)35(26)29-16-7-6-15-28(29)32/h1-23H. The lowest BCUT2D eigenvalue weighted by molar-refractivity contribution is 0.669. The molecular formula is C39H23N3O. The van der Waals surface area contributed by atoms with E-state index in [2.05, 4.69) is 78.9 Å². The van der Waals surface area contributed by atoms with Gasteiger partial charge >= 0.3 is 0 Å². The predicted molar refractivity (Wildman–Crippen MR) is 176 cm³/mol. The normalized spacial score (nSPS) is 11.7. The highest BCUT2D eigenvalue weighted by Gasteiger charge is 2.19. The van der Waals surface area contributed by atoms with E-state index in [9.17, 15) is 0 Å². The Labute approximate surface area is 246 Å². The van der Waals surface area contributed by atoms with Crippen molar-refractivity contribution in [1.82, 2.24) is 15.0 Å². The Morgan fingerprint density at radius 1 is 0.372 bits per heavy atom. The Bertz CT molecular complexity index is 2510. The first kappa shape index (κ1) is 23.8. The van der Waals surface area contributed by atoms with Crippen molar-refractivity contribution in [3.05, 3.63) is 140 Å². The molecule has 0 saturated carbocycles. The van der Waals surface area contributed by atoms with E-state index in [0.717, 1.165) is 49.4 Å². The van der Waals surface area contributed by atoms with Crippen LogP contribution in [0, 0.1) is 0 Å². The molecule has 0 spiro atoms. The van der Waals surface area contributed by atoms with Gasteiger partial charge in [0.1, 0.15) is 11.2 Å². The van der Waals surface area contributed by atoms with E-state index in [-0.39, 0.29) is 0 Å². The van der Waals surface area contributed by atoms with Crippen molar-refractivity contribution in [2.24, 2.45) is 0 Å². The molecule has 7 aromatic carbocycles. The van der Waals surface area contributed by atoms with Gasteiger partial charge in [-0.1, -0.05) is 121 Å². The smallest absolute Gasteiger partial charge is 0.164 e. The van der Waals surface area contributed by atoms with E-state index >= 15 is 0 Å². The van der Waals surface area contributed by atoms with Crippen LogP contribution in [0.5, 0.6) is 0 Å². The van der Waals surface area contributed by atoms with Crippen molar-refractivity contribution < 1.29 is 4.42 Å². The zero-order valence-corrected chi connectivity index (χ0v) is 23.0. The molecule has 0 aliphatic carbocycles. The Hall–Kier alpha value is -5.87. The molecule has 0 saturated heterocycles. The molecule has 0 radical (unpaired) electrons. The highest BCUT2D eigenvalue weighted by molar-refractivity contribution is 6.23. The van der Waals surface area contributed by atoms with Crippen LogP contribution in [0.15, 0.2) is 144 Å². The van der Waals surface area contributed by atoms with E-state index in [4.69, 9.17) is 19.4 Å². The van der Waals surface area contributed by atoms with Crippen LogP contribution >= 0.6 is 0 Å². The summed E-state index contributed by atoms with van der Waals surface area (Å²) in [5.74, 6) is 1.89. The average Bonchev–Trinajstić information content (AvgIpc) is 3.47. The number of aromatic nitrogens is 3. The van der Waals surface area contributed by atoms with Gasteiger partial charge in [-0.05, 0) is 50.5 Å². The summed E-state index contributed by atoms with van der Waals surface area (Å²) in [4.78, 5) is 15.3. The number of fused-ring (bicyclic) bond motifs is 8. The number of hydrogen-bond donors (Lipinski definition) is 0. The van der Waals surface area contributed by atoms with Gasteiger partial charge in [0.2, 0.25) is 0 Å². The third-order valence-corrected chi connectivity index (χ3v) is 8.30. The largest absolute Gasteiger partial charge is 0.456 e. The van der Waals surface area contributed by atoms with Gasteiger partial charge in [-0.3, -0.25) is 0 Å². The molecule has 9 rings (SSSR count). The van der Waals surface area contributed by atoms with Crippen LogP contribution in [0.1, 0.15) is 0 Å². The minimum atomic E-state index is 0.615. The SMILES string of the molecule is c1ccc(-c2nc(-c3cc4ccc5ccccc5c4c4ccccc34)nc(-c3cccc4oc5ccccc5c34)n2)cc1. The van der Waals surface area contributed by atoms with Crippen molar-refractivity contribution in [3.8, 4) is 34.2 Å². The molecule has 2 aromatic heterocycles. The van der Waals surface area contributed by atoms with Gasteiger partial charge < -0.3 is 4.42 Å². The molecule has 200 valence electrons. The molecule has 4 heteroatoms. The monoisotopic (exact) mass is 549 g/mol. The minimum Gasteiger partial charge on any atom is -0.456 e. The van der Waals surface area contributed by atoms with Gasteiger partial charge in [0, 0.05) is 27.5 Å². The highest BCUT2D eigenvalue weighted by Crippen LogP contribution is 2.40. The number of benzene rings is 7. The Morgan fingerprint density at radius 3 is 1.86 bits per heavy atom. The summed E-state index contributed by atoms with van der Waals surface area (Å²) >= 11 is 0. The lowest BCUT2D eigenvalue weighted by Gasteiger charge is -2.14. The maximum atomic E-state index is 6.21. The molecule has 0 unspecified atom stereocenters. The Kier molecular flexibility index (Phi) is 5.16.